The molecule has 3 amide bonds. The highest BCUT2D eigenvalue weighted by Gasteiger charge is 2.36. The minimum absolute atomic E-state index is 0.208. The molecule has 0 spiro atoms. The zero-order chi connectivity index (χ0) is 22.2. The van der Waals surface area contributed by atoms with Gasteiger partial charge in [0, 0.05) is 19.5 Å². The number of carbonyl (C=O) groups excluding carboxylic acids is 3. The van der Waals surface area contributed by atoms with Gasteiger partial charge in [-0.25, -0.2) is 4.79 Å². The first kappa shape index (κ1) is 21.5. The van der Waals surface area contributed by atoms with E-state index in [1.807, 2.05) is 32.9 Å². The molecule has 3 aliphatic heterocycles. The maximum atomic E-state index is 12.4. The number of amides is 3. The molecule has 8 heteroatoms. The molecular formula is C23H31N3O5. The summed E-state index contributed by atoms with van der Waals surface area (Å²) in [6.45, 7) is 8.01. The topological polar surface area (TPSA) is 88.2 Å². The van der Waals surface area contributed by atoms with Gasteiger partial charge in [-0.05, 0) is 57.6 Å². The third-order valence-corrected chi connectivity index (χ3v) is 6.09. The Morgan fingerprint density at radius 2 is 1.87 bits per heavy atom. The van der Waals surface area contributed by atoms with E-state index in [-0.39, 0.29) is 29.9 Å². The van der Waals surface area contributed by atoms with Crippen LogP contribution >= 0.6 is 0 Å². The molecule has 2 saturated heterocycles. The first-order chi connectivity index (χ1) is 14.7. The van der Waals surface area contributed by atoms with E-state index in [1.165, 1.54) is 0 Å². The van der Waals surface area contributed by atoms with Crippen LogP contribution in [0.1, 0.15) is 57.9 Å². The zero-order valence-electron chi connectivity index (χ0n) is 18.5. The second-order valence-corrected chi connectivity index (χ2v) is 9.45. The Balaban J connectivity index is 1.49. The molecule has 0 radical (unpaired) electrons. The van der Waals surface area contributed by atoms with Gasteiger partial charge >= 0.3 is 6.09 Å². The monoisotopic (exact) mass is 429 g/mol. The van der Waals surface area contributed by atoms with E-state index in [2.05, 4.69) is 16.3 Å². The summed E-state index contributed by atoms with van der Waals surface area (Å²) in [6, 6.07) is 5.71. The number of benzene rings is 1. The number of piperidine rings is 2. The van der Waals surface area contributed by atoms with E-state index in [4.69, 9.17) is 9.47 Å². The molecule has 3 aliphatic rings. The fourth-order valence-corrected chi connectivity index (χ4v) is 4.62. The van der Waals surface area contributed by atoms with Gasteiger partial charge < -0.3 is 19.3 Å². The van der Waals surface area contributed by atoms with Crippen molar-refractivity contribution in [2.24, 2.45) is 0 Å². The van der Waals surface area contributed by atoms with E-state index in [9.17, 15) is 14.4 Å². The molecule has 1 unspecified atom stereocenters. The number of imide groups is 1. The van der Waals surface area contributed by atoms with Gasteiger partial charge in [0.05, 0.1) is 12.2 Å². The van der Waals surface area contributed by atoms with E-state index < -0.39 is 5.60 Å². The average molecular weight is 430 g/mol. The van der Waals surface area contributed by atoms with Gasteiger partial charge in [-0.3, -0.25) is 14.9 Å². The number of hydrogen-bond acceptors (Lipinski definition) is 6. The minimum Gasteiger partial charge on any atom is -0.489 e. The molecule has 0 aliphatic carbocycles. The zero-order valence-corrected chi connectivity index (χ0v) is 18.5. The van der Waals surface area contributed by atoms with Crippen LogP contribution in [0.5, 0.6) is 5.75 Å². The normalized spacial score (nSPS) is 22.5. The van der Waals surface area contributed by atoms with Crippen molar-refractivity contribution in [3.8, 4) is 5.75 Å². The molecule has 3 heterocycles. The summed E-state index contributed by atoms with van der Waals surface area (Å²) in [5.74, 6) is 0.657. The SMILES string of the molecule is CC(C)(C)OC(=O)N1CCC(c2cccc3c2OCCN3C2CCC(=O)NC2=O)CC1. The Morgan fingerprint density at radius 1 is 1.13 bits per heavy atom. The quantitative estimate of drug-likeness (QED) is 0.728. The summed E-state index contributed by atoms with van der Waals surface area (Å²) in [5, 5.41) is 2.46. The molecule has 0 saturated carbocycles. The van der Waals surface area contributed by atoms with Crippen LogP contribution in [0, 0.1) is 0 Å². The van der Waals surface area contributed by atoms with Gasteiger partial charge in [0.25, 0.3) is 0 Å². The van der Waals surface area contributed by atoms with Crippen LogP contribution in [0.15, 0.2) is 18.2 Å². The van der Waals surface area contributed by atoms with Gasteiger partial charge in [0.1, 0.15) is 24.0 Å². The van der Waals surface area contributed by atoms with Crippen molar-refractivity contribution in [1.82, 2.24) is 10.2 Å². The summed E-state index contributed by atoms with van der Waals surface area (Å²) < 4.78 is 11.6. The van der Waals surface area contributed by atoms with E-state index in [0.29, 0.717) is 39.1 Å². The lowest BCUT2D eigenvalue weighted by molar-refractivity contribution is -0.134. The number of ether oxygens (including phenoxy) is 2. The summed E-state index contributed by atoms with van der Waals surface area (Å²) >= 11 is 0. The largest absolute Gasteiger partial charge is 0.489 e. The highest BCUT2D eigenvalue weighted by atomic mass is 16.6. The molecule has 168 valence electrons. The Bertz CT molecular complexity index is 870. The van der Waals surface area contributed by atoms with Gasteiger partial charge in [0.15, 0.2) is 0 Å². The molecule has 4 rings (SSSR count). The summed E-state index contributed by atoms with van der Waals surface area (Å²) in [7, 11) is 0. The van der Waals surface area contributed by atoms with Gasteiger partial charge in [-0.2, -0.15) is 0 Å². The van der Waals surface area contributed by atoms with E-state index in [1.54, 1.807) is 4.90 Å². The maximum Gasteiger partial charge on any atom is 0.410 e. The summed E-state index contributed by atoms with van der Waals surface area (Å²) in [5.41, 5.74) is 1.53. The van der Waals surface area contributed by atoms with E-state index >= 15 is 0 Å². The number of likely N-dealkylation sites (tertiary alicyclic amines) is 1. The van der Waals surface area contributed by atoms with Crippen molar-refractivity contribution >= 4 is 23.6 Å². The predicted molar refractivity (Wildman–Crippen MR) is 115 cm³/mol. The lowest BCUT2D eigenvalue weighted by Gasteiger charge is -2.40. The number of hydrogen-bond donors (Lipinski definition) is 1. The number of fused-ring (bicyclic) bond motifs is 1. The standard InChI is InChI=1S/C23H31N3O5/c1-23(2,3)31-22(29)25-11-9-15(10-12-25)16-5-4-6-17-20(16)30-14-13-26(17)18-7-8-19(27)24-21(18)28/h4-6,15,18H,7-14H2,1-3H3,(H,24,27,28). The van der Waals surface area contributed by atoms with Crippen LogP contribution in [0.25, 0.3) is 0 Å². The van der Waals surface area contributed by atoms with E-state index in [0.717, 1.165) is 29.8 Å². The lowest BCUT2D eigenvalue weighted by atomic mass is 9.88. The van der Waals surface area contributed by atoms with Crippen molar-refractivity contribution in [2.75, 3.05) is 31.1 Å². The number of rotatable bonds is 2. The predicted octanol–water partition coefficient (Wildman–Crippen LogP) is 2.81. The second-order valence-electron chi connectivity index (χ2n) is 9.45. The fraction of sp³-hybridized carbons (Fsp3) is 0.609. The highest BCUT2D eigenvalue weighted by Crippen LogP contribution is 2.43. The number of para-hydroxylation sites is 1. The molecule has 1 atom stereocenters. The van der Waals surface area contributed by atoms with Crippen molar-refractivity contribution < 1.29 is 23.9 Å². The van der Waals surface area contributed by atoms with Crippen LogP contribution in [-0.2, 0) is 14.3 Å². The van der Waals surface area contributed by atoms with Gasteiger partial charge in [-0.1, -0.05) is 12.1 Å². The molecule has 1 N–H and O–H groups in total. The Labute approximate surface area is 182 Å². The molecule has 8 nitrogen and oxygen atoms in total. The second kappa shape index (κ2) is 8.40. The minimum atomic E-state index is -0.500. The third kappa shape index (κ3) is 4.62. The fourth-order valence-electron chi connectivity index (χ4n) is 4.62. The number of anilines is 1. The number of nitrogens with zero attached hydrogens (tertiary/aromatic N) is 2. The lowest BCUT2D eigenvalue weighted by Crippen LogP contribution is -2.54. The molecule has 31 heavy (non-hydrogen) atoms. The van der Waals surface area contributed by atoms with Crippen molar-refractivity contribution in [2.45, 2.75) is 64.0 Å². The van der Waals surface area contributed by atoms with Crippen LogP contribution in [0.3, 0.4) is 0 Å². The van der Waals surface area contributed by atoms with Crippen molar-refractivity contribution in [3.05, 3.63) is 23.8 Å². The summed E-state index contributed by atoms with van der Waals surface area (Å²) in [6.07, 6.45) is 2.27. The Hall–Kier alpha value is -2.77. The molecule has 1 aromatic rings. The van der Waals surface area contributed by atoms with Gasteiger partial charge in [-0.15, -0.1) is 0 Å². The molecule has 0 bridgehead atoms. The van der Waals surface area contributed by atoms with Crippen LogP contribution in [-0.4, -0.2) is 60.7 Å². The van der Waals surface area contributed by atoms with Crippen molar-refractivity contribution in [1.29, 1.82) is 0 Å². The number of nitrogens with one attached hydrogen (secondary N) is 1. The maximum absolute atomic E-state index is 12.4. The number of carbonyl (C=O) groups is 3. The Kier molecular flexibility index (Phi) is 5.81. The molecular weight excluding hydrogens is 398 g/mol. The van der Waals surface area contributed by atoms with Crippen molar-refractivity contribution in [3.63, 3.8) is 0 Å². The van der Waals surface area contributed by atoms with Crippen LogP contribution < -0.4 is 15.0 Å². The first-order valence-electron chi connectivity index (χ1n) is 11.1. The molecule has 2 fully saturated rings. The van der Waals surface area contributed by atoms with Crippen LogP contribution in [0.2, 0.25) is 0 Å². The Morgan fingerprint density at radius 3 is 2.55 bits per heavy atom. The third-order valence-electron chi connectivity index (χ3n) is 6.09. The summed E-state index contributed by atoms with van der Waals surface area (Å²) in [4.78, 5) is 40.2. The first-order valence-corrected chi connectivity index (χ1v) is 11.1. The average Bonchev–Trinajstić information content (AvgIpc) is 2.72. The molecule has 1 aromatic carbocycles. The smallest absolute Gasteiger partial charge is 0.410 e. The van der Waals surface area contributed by atoms with Gasteiger partial charge in [0.2, 0.25) is 11.8 Å². The molecule has 0 aromatic heterocycles. The van der Waals surface area contributed by atoms with Crippen LogP contribution in [0.4, 0.5) is 10.5 Å². The highest BCUT2D eigenvalue weighted by molar-refractivity contribution is 6.02.